The van der Waals surface area contributed by atoms with Crippen LogP contribution in [0.25, 0.3) is 0 Å². The summed E-state index contributed by atoms with van der Waals surface area (Å²) in [6.45, 7) is 5.10. The molecule has 0 fully saturated rings. The van der Waals surface area contributed by atoms with Crippen molar-refractivity contribution in [3.8, 4) is 5.75 Å². The maximum absolute atomic E-state index is 6.20. The normalized spacial score (nSPS) is 12.2. The summed E-state index contributed by atoms with van der Waals surface area (Å²) in [5.74, 6) is 0.930. The molecule has 0 saturated heterocycles. The number of hydrogen-bond donors (Lipinski definition) is 1. The van der Waals surface area contributed by atoms with Crippen LogP contribution in [0.3, 0.4) is 0 Å². The highest BCUT2D eigenvalue weighted by atomic mass is 35.5. The zero-order chi connectivity index (χ0) is 15.2. The Kier molecular flexibility index (Phi) is 5.66. The maximum Gasteiger partial charge on any atom is 0.122 e. The number of likely N-dealkylation sites (N-methyl/N-ethyl adjacent to an activating group) is 1. The zero-order valence-electron chi connectivity index (χ0n) is 12.8. The lowest BCUT2D eigenvalue weighted by Crippen LogP contribution is -2.23. The summed E-state index contributed by atoms with van der Waals surface area (Å²) in [6, 6.07) is 14.6. The maximum atomic E-state index is 6.20. The van der Waals surface area contributed by atoms with Gasteiger partial charge in [-0.15, -0.1) is 0 Å². The Bertz CT molecular complexity index is 577. The van der Waals surface area contributed by atoms with Gasteiger partial charge < -0.3 is 10.1 Å². The van der Waals surface area contributed by atoms with Crippen molar-refractivity contribution in [1.82, 2.24) is 5.32 Å². The highest BCUT2D eigenvalue weighted by Gasteiger charge is 2.14. The minimum absolute atomic E-state index is 0.226. The fourth-order valence-corrected chi connectivity index (χ4v) is 2.91. The predicted molar refractivity (Wildman–Crippen MR) is 89.3 cm³/mol. The monoisotopic (exact) mass is 303 g/mol. The third-order valence-corrected chi connectivity index (χ3v) is 3.75. The Hall–Kier alpha value is -1.51. The molecule has 2 aromatic rings. The molecule has 0 spiro atoms. The van der Waals surface area contributed by atoms with Gasteiger partial charge in [-0.25, -0.2) is 0 Å². The van der Waals surface area contributed by atoms with Crippen LogP contribution >= 0.6 is 11.6 Å². The number of halogens is 1. The third kappa shape index (κ3) is 4.23. The minimum Gasteiger partial charge on any atom is -0.496 e. The summed E-state index contributed by atoms with van der Waals surface area (Å²) in [5, 5.41) is 4.32. The Balaban J connectivity index is 2.30. The predicted octanol–water partition coefficient (Wildman–Crippen LogP) is 4.55. The van der Waals surface area contributed by atoms with Gasteiger partial charge in [0.1, 0.15) is 5.75 Å². The van der Waals surface area contributed by atoms with Gasteiger partial charge in [-0.3, -0.25) is 0 Å². The quantitative estimate of drug-likeness (QED) is 0.845. The van der Waals surface area contributed by atoms with Gasteiger partial charge in [-0.05, 0) is 54.8 Å². The smallest absolute Gasteiger partial charge is 0.122 e. The summed E-state index contributed by atoms with van der Waals surface area (Å²) >= 11 is 6.20. The number of methoxy groups -OCH3 is 1. The van der Waals surface area contributed by atoms with E-state index in [0.717, 1.165) is 23.7 Å². The zero-order valence-corrected chi connectivity index (χ0v) is 13.6. The Morgan fingerprint density at radius 2 is 1.95 bits per heavy atom. The molecule has 0 aliphatic rings. The molecule has 0 radical (unpaired) electrons. The van der Waals surface area contributed by atoms with Crippen LogP contribution in [-0.2, 0) is 6.42 Å². The van der Waals surface area contributed by atoms with E-state index in [1.807, 2.05) is 30.3 Å². The van der Waals surface area contributed by atoms with Gasteiger partial charge in [0.25, 0.3) is 0 Å². The average molecular weight is 304 g/mol. The lowest BCUT2D eigenvalue weighted by Gasteiger charge is -2.20. The fraction of sp³-hybridized carbons (Fsp3) is 0.333. The van der Waals surface area contributed by atoms with Crippen molar-refractivity contribution in [2.45, 2.75) is 26.3 Å². The van der Waals surface area contributed by atoms with E-state index in [1.165, 1.54) is 16.7 Å². The van der Waals surface area contributed by atoms with E-state index in [4.69, 9.17) is 16.3 Å². The summed E-state index contributed by atoms with van der Waals surface area (Å²) < 4.78 is 5.45. The molecule has 2 rings (SSSR count). The van der Waals surface area contributed by atoms with E-state index in [2.05, 4.69) is 31.3 Å². The van der Waals surface area contributed by atoms with E-state index < -0.39 is 0 Å². The van der Waals surface area contributed by atoms with Gasteiger partial charge in [0.15, 0.2) is 0 Å². The molecule has 3 heteroatoms. The summed E-state index contributed by atoms with van der Waals surface area (Å²) in [4.78, 5) is 0. The molecule has 0 amide bonds. The van der Waals surface area contributed by atoms with Gasteiger partial charge in [-0.2, -0.15) is 0 Å². The van der Waals surface area contributed by atoms with Crippen molar-refractivity contribution in [1.29, 1.82) is 0 Å². The topological polar surface area (TPSA) is 21.3 Å². The van der Waals surface area contributed by atoms with E-state index in [0.29, 0.717) is 0 Å². The van der Waals surface area contributed by atoms with Crippen molar-refractivity contribution in [2.24, 2.45) is 0 Å². The van der Waals surface area contributed by atoms with Crippen LogP contribution in [0, 0.1) is 6.92 Å². The van der Waals surface area contributed by atoms with Crippen LogP contribution < -0.4 is 10.1 Å². The first-order valence-corrected chi connectivity index (χ1v) is 7.64. The van der Waals surface area contributed by atoms with Crippen LogP contribution in [0.2, 0.25) is 5.02 Å². The second-order valence-electron chi connectivity index (χ2n) is 5.19. The SMILES string of the molecule is CCNC(Cc1ccccc1OC)c1cc(C)cc(Cl)c1. The molecule has 0 aliphatic carbocycles. The van der Waals surface area contributed by atoms with Gasteiger partial charge in [0.2, 0.25) is 0 Å². The first-order chi connectivity index (χ1) is 10.1. The van der Waals surface area contributed by atoms with Crippen LogP contribution in [0.4, 0.5) is 0 Å². The van der Waals surface area contributed by atoms with Crippen molar-refractivity contribution in [3.63, 3.8) is 0 Å². The van der Waals surface area contributed by atoms with E-state index in [9.17, 15) is 0 Å². The first-order valence-electron chi connectivity index (χ1n) is 7.26. The molecule has 0 bridgehead atoms. The average Bonchev–Trinajstić information content (AvgIpc) is 2.46. The van der Waals surface area contributed by atoms with Gasteiger partial charge >= 0.3 is 0 Å². The molecular weight excluding hydrogens is 282 g/mol. The van der Waals surface area contributed by atoms with Crippen molar-refractivity contribution < 1.29 is 4.74 Å². The molecule has 1 N–H and O–H groups in total. The van der Waals surface area contributed by atoms with Gasteiger partial charge in [-0.1, -0.05) is 42.8 Å². The van der Waals surface area contributed by atoms with Crippen LogP contribution in [0.1, 0.15) is 29.7 Å². The number of aryl methyl sites for hydroxylation is 1. The highest BCUT2D eigenvalue weighted by molar-refractivity contribution is 6.30. The number of rotatable bonds is 6. The number of hydrogen-bond acceptors (Lipinski definition) is 2. The molecule has 0 heterocycles. The fourth-order valence-electron chi connectivity index (χ4n) is 2.61. The lowest BCUT2D eigenvalue weighted by atomic mass is 9.97. The molecule has 0 aliphatic heterocycles. The molecule has 0 aromatic heterocycles. The lowest BCUT2D eigenvalue weighted by molar-refractivity contribution is 0.405. The minimum atomic E-state index is 0.226. The Morgan fingerprint density at radius 1 is 1.19 bits per heavy atom. The van der Waals surface area contributed by atoms with Crippen LogP contribution in [0.15, 0.2) is 42.5 Å². The van der Waals surface area contributed by atoms with E-state index in [-0.39, 0.29) is 6.04 Å². The van der Waals surface area contributed by atoms with Gasteiger partial charge in [0, 0.05) is 11.1 Å². The Morgan fingerprint density at radius 3 is 2.62 bits per heavy atom. The van der Waals surface area contributed by atoms with Gasteiger partial charge in [0.05, 0.1) is 7.11 Å². The van der Waals surface area contributed by atoms with Crippen molar-refractivity contribution in [2.75, 3.05) is 13.7 Å². The van der Waals surface area contributed by atoms with Crippen LogP contribution in [-0.4, -0.2) is 13.7 Å². The molecule has 21 heavy (non-hydrogen) atoms. The van der Waals surface area contributed by atoms with Crippen molar-refractivity contribution >= 4 is 11.6 Å². The van der Waals surface area contributed by atoms with Crippen molar-refractivity contribution in [3.05, 3.63) is 64.2 Å². The molecule has 2 aromatic carbocycles. The second kappa shape index (κ2) is 7.48. The molecule has 1 atom stereocenters. The van der Waals surface area contributed by atoms with Crippen LogP contribution in [0.5, 0.6) is 5.75 Å². The summed E-state index contributed by atoms with van der Waals surface area (Å²) in [7, 11) is 1.71. The molecule has 1 unspecified atom stereocenters. The number of nitrogens with one attached hydrogen (secondary N) is 1. The molecular formula is C18H22ClNO. The van der Waals surface area contributed by atoms with E-state index >= 15 is 0 Å². The molecule has 112 valence electrons. The summed E-state index contributed by atoms with van der Waals surface area (Å²) in [5.41, 5.74) is 3.59. The number of benzene rings is 2. The Labute approximate surface area is 132 Å². The first kappa shape index (κ1) is 15.9. The highest BCUT2D eigenvalue weighted by Crippen LogP contribution is 2.27. The van der Waals surface area contributed by atoms with E-state index in [1.54, 1.807) is 7.11 Å². The second-order valence-corrected chi connectivity index (χ2v) is 5.62. The number of ether oxygens (including phenoxy) is 1. The molecule has 0 saturated carbocycles. The number of para-hydroxylation sites is 1. The molecule has 2 nitrogen and oxygen atoms in total. The standard InChI is InChI=1S/C18H22ClNO/c1-4-20-17(15-9-13(2)10-16(19)11-15)12-14-7-5-6-8-18(14)21-3/h5-11,17,20H,4,12H2,1-3H3. The third-order valence-electron chi connectivity index (χ3n) is 3.53. The summed E-state index contributed by atoms with van der Waals surface area (Å²) in [6.07, 6.45) is 0.873. The largest absolute Gasteiger partial charge is 0.496 e.